The lowest BCUT2D eigenvalue weighted by Crippen LogP contribution is -2.30. The summed E-state index contributed by atoms with van der Waals surface area (Å²) < 4.78 is 5.62. The lowest BCUT2D eigenvalue weighted by Gasteiger charge is -2.26. The van der Waals surface area contributed by atoms with Crippen molar-refractivity contribution in [1.29, 1.82) is 0 Å². The van der Waals surface area contributed by atoms with Crippen LogP contribution in [0.5, 0.6) is 5.75 Å². The van der Waals surface area contributed by atoms with Crippen molar-refractivity contribution >= 4 is 5.78 Å². The minimum Gasteiger partial charge on any atom is -0.494 e. The SMILES string of the molecule is CCCCOc1ccc(C(=O)CCCN2CCCCC2)cc1. The number of hydrogen-bond donors (Lipinski definition) is 0. The zero-order chi connectivity index (χ0) is 15.6. The van der Waals surface area contributed by atoms with E-state index in [1.165, 1.54) is 32.4 Å². The molecule has 0 bridgehead atoms. The Balaban J connectivity index is 1.70. The molecule has 0 aliphatic carbocycles. The van der Waals surface area contributed by atoms with E-state index in [0.29, 0.717) is 6.42 Å². The number of likely N-dealkylation sites (tertiary alicyclic amines) is 1. The molecule has 1 aromatic carbocycles. The molecule has 0 unspecified atom stereocenters. The van der Waals surface area contributed by atoms with Crippen LogP contribution in [0.3, 0.4) is 0 Å². The van der Waals surface area contributed by atoms with Gasteiger partial charge in [-0.25, -0.2) is 0 Å². The van der Waals surface area contributed by atoms with Crippen molar-refractivity contribution < 1.29 is 9.53 Å². The van der Waals surface area contributed by atoms with Gasteiger partial charge in [-0.3, -0.25) is 4.79 Å². The zero-order valence-electron chi connectivity index (χ0n) is 13.9. The fourth-order valence-corrected chi connectivity index (χ4v) is 2.86. The fraction of sp³-hybridized carbons (Fsp3) is 0.632. The molecule has 0 saturated carbocycles. The van der Waals surface area contributed by atoms with Crippen molar-refractivity contribution in [2.45, 2.75) is 51.9 Å². The predicted molar refractivity (Wildman–Crippen MR) is 90.7 cm³/mol. The molecule has 1 aliphatic rings. The van der Waals surface area contributed by atoms with Crippen LogP contribution in [0.4, 0.5) is 0 Å². The standard InChI is InChI=1S/C19H29NO2/c1-2-3-16-22-18-11-9-17(10-12-18)19(21)8-7-15-20-13-5-4-6-14-20/h9-12H,2-8,13-16H2,1H3. The Bertz CT molecular complexity index is 435. The van der Waals surface area contributed by atoms with Gasteiger partial charge in [-0.2, -0.15) is 0 Å². The molecule has 0 spiro atoms. The number of unbranched alkanes of at least 4 members (excludes halogenated alkanes) is 1. The third kappa shape index (κ3) is 5.80. The van der Waals surface area contributed by atoms with Gasteiger partial charge in [0.25, 0.3) is 0 Å². The second-order valence-electron chi connectivity index (χ2n) is 6.16. The summed E-state index contributed by atoms with van der Waals surface area (Å²) in [6, 6.07) is 7.61. The fourth-order valence-electron chi connectivity index (χ4n) is 2.86. The average Bonchev–Trinajstić information content (AvgIpc) is 2.56. The van der Waals surface area contributed by atoms with Gasteiger partial charge in [-0.1, -0.05) is 19.8 Å². The largest absolute Gasteiger partial charge is 0.494 e. The van der Waals surface area contributed by atoms with Gasteiger partial charge >= 0.3 is 0 Å². The van der Waals surface area contributed by atoms with Crippen molar-refractivity contribution in [3.05, 3.63) is 29.8 Å². The average molecular weight is 303 g/mol. The highest BCUT2D eigenvalue weighted by Crippen LogP contribution is 2.15. The third-order valence-electron chi connectivity index (χ3n) is 4.27. The lowest BCUT2D eigenvalue weighted by atomic mass is 10.1. The van der Waals surface area contributed by atoms with Crippen molar-refractivity contribution in [1.82, 2.24) is 4.90 Å². The van der Waals surface area contributed by atoms with Crippen LogP contribution in [0, 0.1) is 0 Å². The van der Waals surface area contributed by atoms with E-state index in [4.69, 9.17) is 4.74 Å². The molecule has 0 radical (unpaired) electrons. The van der Waals surface area contributed by atoms with Crippen molar-refractivity contribution in [3.8, 4) is 5.75 Å². The topological polar surface area (TPSA) is 29.5 Å². The quantitative estimate of drug-likeness (QED) is 0.503. The Hall–Kier alpha value is -1.35. The van der Waals surface area contributed by atoms with Gasteiger partial charge in [0.15, 0.2) is 5.78 Å². The Morgan fingerprint density at radius 2 is 1.82 bits per heavy atom. The number of carbonyl (C=O) groups excluding carboxylic acids is 1. The number of hydrogen-bond acceptors (Lipinski definition) is 3. The second kappa shape index (κ2) is 9.62. The van der Waals surface area contributed by atoms with Gasteiger partial charge in [0, 0.05) is 12.0 Å². The summed E-state index contributed by atoms with van der Waals surface area (Å²) in [7, 11) is 0. The zero-order valence-corrected chi connectivity index (χ0v) is 13.9. The van der Waals surface area contributed by atoms with Gasteiger partial charge in [-0.05, 0) is 69.6 Å². The number of carbonyl (C=O) groups is 1. The molecule has 1 heterocycles. The van der Waals surface area contributed by atoms with Crippen molar-refractivity contribution in [2.75, 3.05) is 26.2 Å². The van der Waals surface area contributed by atoms with E-state index in [-0.39, 0.29) is 5.78 Å². The summed E-state index contributed by atoms with van der Waals surface area (Å²) in [5, 5.41) is 0. The number of nitrogens with zero attached hydrogens (tertiary/aromatic N) is 1. The molecule has 1 saturated heterocycles. The summed E-state index contributed by atoms with van der Waals surface area (Å²) in [6.07, 6.45) is 7.80. The van der Waals surface area contributed by atoms with Crippen LogP contribution < -0.4 is 4.74 Å². The summed E-state index contributed by atoms with van der Waals surface area (Å²) in [5.41, 5.74) is 0.807. The van der Waals surface area contributed by atoms with Gasteiger partial charge in [0.05, 0.1) is 6.61 Å². The van der Waals surface area contributed by atoms with E-state index in [1.807, 2.05) is 24.3 Å². The molecule has 0 atom stereocenters. The molecular formula is C19H29NO2. The second-order valence-corrected chi connectivity index (χ2v) is 6.16. The van der Waals surface area contributed by atoms with Crippen molar-refractivity contribution in [2.24, 2.45) is 0 Å². The van der Waals surface area contributed by atoms with E-state index < -0.39 is 0 Å². The Kier molecular flexibility index (Phi) is 7.44. The minimum atomic E-state index is 0.247. The van der Waals surface area contributed by atoms with Crippen LogP contribution in [0.2, 0.25) is 0 Å². The van der Waals surface area contributed by atoms with Crippen LogP contribution in [-0.4, -0.2) is 36.9 Å². The molecule has 22 heavy (non-hydrogen) atoms. The molecule has 3 nitrogen and oxygen atoms in total. The molecule has 1 aromatic rings. The monoisotopic (exact) mass is 303 g/mol. The number of rotatable bonds is 9. The first-order chi connectivity index (χ1) is 10.8. The minimum absolute atomic E-state index is 0.247. The van der Waals surface area contributed by atoms with Gasteiger partial charge in [0.2, 0.25) is 0 Å². The molecule has 1 aliphatic heterocycles. The van der Waals surface area contributed by atoms with E-state index in [2.05, 4.69) is 11.8 Å². The lowest BCUT2D eigenvalue weighted by molar-refractivity contribution is 0.0973. The molecule has 1 fully saturated rings. The third-order valence-corrected chi connectivity index (χ3v) is 4.27. The molecule has 3 heteroatoms. The summed E-state index contributed by atoms with van der Waals surface area (Å²) in [6.45, 7) is 6.37. The molecule has 0 amide bonds. The normalized spacial score (nSPS) is 15.7. The summed E-state index contributed by atoms with van der Waals surface area (Å²) in [5.74, 6) is 1.11. The maximum Gasteiger partial charge on any atom is 0.162 e. The Morgan fingerprint density at radius 3 is 2.50 bits per heavy atom. The first-order valence-corrected chi connectivity index (χ1v) is 8.78. The van der Waals surface area contributed by atoms with Gasteiger partial charge in [0.1, 0.15) is 5.75 Å². The van der Waals surface area contributed by atoms with Crippen LogP contribution in [0.25, 0.3) is 0 Å². The van der Waals surface area contributed by atoms with E-state index in [0.717, 1.165) is 43.7 Å². The maximum atomic E-state index is 12.2. The first-order valence-electron chi connectivity index (χ1n) is 8.78. The van der Waals surface area contributed by atoms with E-state index in [1.54, 1.807) is 0 Å². The smallest absolute Gasteiger partial charge is 0.162 e. The first kappa shape index (κ1) is 17.0. The highest BCUT2D eigenvalue weighted by atomic mass is 16.5. The predicted octanol–water partition coefficient (Wildman–Crippen LogP) is 4.31. The van der Waals surface area contributed by atoms with Crippen LogP contribution in [-0.2, 0) is 0 Å². The molecule has 0 N–H and O–H groups in total. The number of benzene rings is 1. The van der Waals surface area contributed by atoms with Crippen LogP contribution >= 0.6 is 0 Å². The molecule has 122 valence electrons. The Labute approximate surface area is 134 Å². The highest BCUT2D eigenvalue weighted by molar-refractivity contribution is 5.96. The van der Waals surface area contributed by atoms with Crippen LogP contribution in [0.15, 0.2) is 24.3 Å². The molecular weight excluding hydrogens is 274 g/mol. The highest BCUT2D eigenvalue weighted by Gasteiger charge is 2.11. The van der Waals surface area contributed by atoms with E-state index >= 15 is 0 Å². The molecule has 2 rings (SSSR count). The van der Waals surface area contributed by atoms with E-state index in [9.17, 15) is 4.79 Å². The number of Topliss-reactive ketones (excluding diaryl/α,β-unsaturated/α-hetero) is 1. The maximum absolute atomic E-state index is 12.2. The van der Waals surface area contributed by atoms with Crippen LogP contribution in [0.1, 0.15) is 62.2 Å². The summed E-state index contributed by atoms with van der Waals surface area (Å²) >= 11 is 0. The summed E-state index contributed by atoms with van der Waals surface area (Å²) in [4.78, 5) is 14.7. The Morgan fingerprint density at radius 1 is 1.09 bits per heavy atom. The number of piperidine rings is 1. The van der Waals surface area contributed by atoms with Gasteiger partial charge < -0.3 is 9.64 Å². The van der Waals surface area contributed by atoms with Crippen molar-refractivity contribution in [3.63, 3.8) is 0 Å². The number of ketones is 1. The molecule has 0 aromatic heterocycles. The van der Waals surface area contributed by atoms with Gasteiger partial charge in [-0.15, -0.1) is 0 Å². The number of ether oxygens (including phenoxy) is 1.